The summed E-state index contributed by atoms with van der Waals surface area (Å²) >= 11 is 0. The molecular formula is C58H107NO5. The van der Waals surface area contributed by atoms with Crippen molar-refractivity contribution in [2.24, 2.45) is 0 Å². The first kappa shape index (κ1) is 61.8. The molecule has 0 heterocycles. The van der Waals surface area contributed by atoms with Gasteiger partial charge in [-0.2, -0.15) is 0 Å². The van der Waals surface area contributed by atoms with Crippen molar-refractivity contribution in [2.45, 2.75) is 296 Å². The van der Waals surface area contributed by atoms with Crippen molar-refractivity contribution in [1.29, 1.82) is 0 Å². The standard InChI is InChI=1S/C58H107NO5/c1-3-5-7-9-11-13-15-30-34-38-42-46-50-56(61)55(54-60)59-57(62)51-47-43-39-35-31-28-26-24-22-20-18-17-19-21-23-25-27-29-33-37-41-45-49-53-64-58(63)52-48-44-40-36-32-16-14-12-10-8-6-4-2/h12,14,17,19-20,22,46,50,55-56,60-61H,3-11,13,15-16,18,21,23-45,47-49,51-54H2,1-2H3,(H,59,62)/b14-12-,19-17-,22-20-,50-46+. The first-order valence-electron chi connectivity index (χ1n) is 27.9. The van der Waals surface area contributed by atoms with Gasteiger partial charge in [0.1, 0.15) is 0 Å². The monoisotopic (exact) mass is 898 g/mol. The van der Waals surface area contributed by atoms with E-state index in [4.69, 9.17) is 4.74 Å². The van der Waals surface area contributed by atoms with Crippen molar-refractivity contribution in [2.75, 3.05) is 13.2 Å². The summed E-state index contributed by atoms with van der Waals surface area (Å²) in [5.41, 5.74) is 0. The van der Waals surface area contributed by atoms with Gasteiger partial charge in [-0.3, -0.25) is 9.59 Å². The maximum Gasteiger partial charge on any atom is 0.305 e. The van der Waals surface area contributed by atoms with Gasteiger partial charge < -0.3 is 20.3 Å². The lowest BCUT2D eigenvalue weighted by Crippen LogP contribution is -2.45. The van der Waals surface area contributed by atoms with Gasteiger partial charge in [-0.1, -0.05) is 229 Å². The Morgan fingerprint density at radius 3 is 1.23 bits per heavy atom. The summed E-state index contributed by atoms with van der Waals surface area (Å²) in [5, 5.41) is 23.0. The van der Waals surface area contributed by atoms with E-state index in [1.165, 1.54) is 193 Å². The highest BCUT2D eigenvalue weighted by atomic mass is 16.5. The zero-order chi connectivity index (χ0) is 46.5. The van der Waals surface area contributed by atoms with Gasteiger partial charge in [-0.05, 0) is 89.9 Å². The van der Waals surface area contributed by atoms with Gasteiger partial charge in [-0.25, -0.2) is 0 Å². The molecule has 0 aromatic rings. The molecule has 374 valence electrons. The van der Waals surface area contributed by atoms with Gasteiger partial charge >= 0.3 is 5.97 Å². The largest absolute Gasteiger partial charge is 0.466 e. The fourth-order valence-corrected chi connectivity index (χ4v) is 8.25. The molecule has 2 unspecified atom stereocenters. The van der Waals surface area contributed by atoms with Crippen LogP contribution in [-0.4, -0.2) is 47.4 Å². The maximum atomic E-state index is 12.4. The average molecular weight is 898 g/mol. The lowest BCUT2D eigenvalue weighted by molar-refractivity contribution is -0.143. The van der Waals surface area contributed by atoms with Crippen molar-refractivity contribution >= 4 is 11.9 Å². The van der Waals surface area contributed by atoms with Crippen LogP contribution in [0.3, 0.4) is 0 Å². The Morgan fingerprint density at radius 1 is 0.438 bits per heavy atom. The van der Waals surface area contributed by atoms with Crippen LogP contribution in [0.4, 0.5) is 0 Å². The van der Waals surface area contributed by atoms with Gasteiger partial charge in [-0.15, -0.1) is 0 Å². The number of rotatable bonds is 51. The minimum absolute atomic E-state index is 0.00441. The molecule has 0 aromatic heterocycles. The lowest BCUT2D eigenvalue weighted by atomic mass is 10.1. The van der Waals surface area contributed by atoms with Crippen LogP contribution in [-0.2, 0) is 14.3 Å². The molecule has 0 aliphatic rings. The van der Waals surface area contributed by atoms with E-state index in [9.17, 15) is 19.8 Å². The van der Waals surface area contributed by atoms with Crippen molar-refractivity contribution in [1.82, 2.24) is 5.32 Å². The molecule has 0 spiro atoms. The highest BCUT2D eigenvalue weighted by Crippen LogP contribution is 2.15. The Balaban J connectivity index is 3.48. The number of hydrogen-bond donors (Lipinski definition) is 3. The van der Waals surface area contributed by atoms with E-state index >= 15 is 0 Å². The predicted molar refractivity (Wildman–Crippen MR) is 278 cm³/mol. The van der Waals surface area contributed by atoms with E-state index in [0.717, 1.165) is 64.2 Å². The number of carbonyl (C=O) groups excluding carboxylic acids is 2. The molecule has 0 radical (unpaired) electrons. The summed E-state index contributed by atoms with van der Waals surface area (Å²) in [6, 6.07) is -0.635. The molecule has 64 heavy (non-hydrogen) atoms. The fourth-order valence-electron chi connectivity index (χ4n) is 8.25. The molecule has 6 nitrogen and oxygen atoms in total. The molecule has 2 atom stereocenters. The first-order valence-corrected chi connectivity index (χ1v) is 27.9. The van der Waals surface area contributed by atoms with Crippen LogP contribution in [0, 0.1) is 0 Å². The molecule has 0 aliphatic carbocycles. The third-order valence-electron chi connectivity index (χ3n) is 12.6. The van der Waals surface area contributed by atoms with E-state index < -0.39 is 12.1 Å². The summed E-state index contributed by atoms with van der Waals surface area (Å²) in [6.07, 6.45) is 67.0. The van der Waals surface area contributed by atoms with Crippen LogP contribution in [0.2, 0.25) is 0 Å². The number of carbonyl (C=O) groups is 2. The predicted octanol–water partition coefficient (Wildman–Crippen LogP) is 17.0. The van der Waals surface area contributed by atoms with E-state index in [0.29, 0.717) is 19.4 Å². The van der Waals surface area contributed by atoms with Crippen LogP contribution < -0.4 is 5.32 Å². The minimum atomic E-state index is -0.850. The Hall–Kier alpha value is -2.18. The topological polar surface area (TPSA) is 95.9 Å². The highest BCUT2D eigenvalue weighted by molar-refractivity contribution is 5.76. The second-order valence-electron chi connectivity index (χ2n) is 18.9. The van der Waals surface area contributed by atoms with Crippen LogP contribution >= 0.6 is 0 Å². The number of amides is 1. The summed E-state index contributed by atoms with van der Waals surface area (Å²) in [5.74, 6) is -0.0845. The molecule has 0 aliphatic heterocycles. The van der Waals surface area contributed by atoms with Gasteiger partial charge in [0.2, 0.25) is 5.91 Å². The second-order valence-corrected chi connectivity index (χ2v) is 18.9. The molecule has 3 N–H and O–H groups in total. The van der Waals surface area contributed by atoms with Crippen LogP contribution in [0.5, 0.6) is 0 Å². The van der Waals surface area contributed by atoms with Gasteiger partial charge in [0.05, 0.1) is 25.4 Å². The van der Waals surface area contributed by atoms with E-state index in [1.807, 2.05) is 6.08 Å². The number of hydrogen-bond acceptors (Lipinski definition) is 5. The number of nitrogens with one attached hydrogen (secondary N) is 1. The number of esters is 1. The summed E-state index contributed by atoms with van der Waals surface area (Å²) < 4.78 is 5.45. The van der Waals surface area contributed by atoms with Gasteiger partial charge in [0.25, 0.3) is 0 Å². The first-order chi connectivity index (χ1) is 31.5. The van der Waals surface area contributed by atoms with Crippen molar-refractivity contribution < 1.29 is 24.5 Å². The summed E-state index contributed by atoms with van der Waals surface area (Å²) in [4.78, 5) is 24.4. The van der Waals surface area contributed by atoms with Crippen LogP contribution in [0.15, 0.2) is 48.6 Å². The van der Waals surface area contributed by atoms with Crippen molar-refractivity contribution in [3.63, 3.8) is 0 Å². The van der Waals surface area contributed by atoms with E-state index in [2.05, 4.69) is 55.6 Å². The molecule has 6 heteroatoms. The zero-order valence-electron chi connectivity index (χ0n) is 42.5. The Morgan fingerprint density at radius 2 is 0.781 bits per heavy atom. The fraction of sp³-hybridized carbons (Fsp3) is 0.828. The van der Waals surface area contributed by atoms with Gasteiger partial charge in [0.15, 0.2) is 0 Å². The Labute approximate surface area is 397 Å². The van der Waals surface area contributed by atoms with Gasteiger partial charge in [0, 0.05) is 12.8 Å². The van der Waals surface area contributed by atoms with Crippen molar-refractivity contribution in [3.05, 3.63) is 48.6 Å². The molecule has 0 saturated heterocycles. The van der Waals surface area contributed by atoms with E-state index in [-0.39, 0.29) is 18.5 Å². The van der Waals surface area contributed by atoms with E-state index in [1.54, 1.807) is 6.08 Å². The number of allylic oxidation sites excluding steroid dienone is 7. The molecule has 0 rings (SSSR count). The lowest BCUT2D eigenvalue weighted by Gasteiger charge is -2.20. The second kappa shape index (κ2) is 53.4. The number of aliphatic hydroxyl groups is 2. The minimum Gasteiger partial charge on any atom is -0.466 e. The smallest absolute Gasteiger partial charge is 0.305 e. The molecule has 0 fully saturated rings. The Kier molecular flexibility index (Phi) is 51.6. The number of unbranched alkanes of at least 4 members (excludes halogenated alkanes) is 34. The third kappa shape index (κ3) is 49.3. The summed E-state index contributed by atoms with van der Waals surface area (Å²) in [6.45, 7) is 4.85. The molecular weight excluding hydrogens is 791 g/mol. The molecule has 0 bridgehead atoms. The third-order valence-corrected chi connectivity index (χ3v) is 12.6. The number of aliphatic hydroxyl groups excluding tert-OH is 2. The van der Waals surface area contributed by atoms with Crippen LogP contribution in [0.1, 0.15) is 284 Å². The molecule has 0 saturated carbocycles. The Bertz CT molecular complexity index is 1080. The number of ether oxygens (including phenoxy) is 1. The SMILES string of the molecule is CCCCC/C=C\CCCCCCCC(=O)OCCCCCCCCCCC/C=C\C/C=C\CCCCCCCCCC(=O)NC(CO)C(O)/C=C/CCCCCCCCCCCC. The molecule has 1 amide bonds. The highest BCUT2D eigenvalue weighted by Gasteiger charge is 2.18. The zero-order valence-corrected chi connectivity index (χ0v) is 42.5. The van der Waals surface area contributed by atoms with Crippen LogP contribution in [0.25, 0.3) is 0 Å². The normalized spacial score (nSPS) is 13.0. The average Bonchev–Trinajstić information content (AvgIpc) is 3.29. The quantitative estimate of drug-likeness (QED) is 0.0321. The van der Waals surface area contributed by atoms with Crippen molar-refractivity contribution in [3.8, 4) is 0 Å². The molecule has 0 aromatic carbocycles. The summed E-state index contributed by atoms with van der Waals surface area (Å²) in [7, 11) is 0. The maximum absolute atomic E-state index is 12.4.